The van der Waals surface area contributed by atoms with Gasteiger partial charge in [-0.05, 0) is 69.1 Å². The van der Waals surface area contributed by atoms with Gasteiger partial charge >= 0.3 is 18.1 Å². The molecule has 0 bridgehead atoms. The molecule has 2 heterocycles. The highest BCUT2D eigenvalue weighted by molar-refractivity contribution is 6.31. The van der Waals surface area contributed by atoms with Gasteiger partial charge in [0.1, 0.15) is 6.10 Å². The highest BCUT2D eigenvalue weighted by atomic mass is 35.5. The smallest absolute Gasteiger partial charge is 0.416 e. The summed E-state index contributed by atoms with van der Waals surface area (Å²) in [6, 6.07) is 3.63. The molecule has 3 atom stereocenters. The van der Waals surface area contributed by atoms with Crippen molar-refractivity contribution < 1.29 is 42.9 Å². The molecular weight excluding hydrogens is 603 g/mol. The average molecular weight is 646 g/mol. The van der Waals surface area contributed by atoms with Crippen LogP contribution in [0.4, 0.5) is 13.2 Å². The molecular formula is C31H43ClF3N3O6. The molecule has 2 aliphatic heterocycles. The van der Waals surface area contributed by atoms with Crippen molar-refractivity contribution in [2.75, 3.05) is 32.7 Å². The molecule has 0 spiro atoms. The first-order valence-corrected chi connectivity index (χ1v) is 15.4. The minimum atomic E-state index is -4.57. The number of nitrogens with zero attached hydrogens (tertiary/aromatic N) is 2. The molecule has 0 unspecified atom stereocenters. The zero-order chi connectivity index (χ0) is 32.7. The molecule has 1 aromatic carbocycles. The number of likely N-dealkylation sites (tertiary alicyclic amines) is 2. The first-order chi connectivity index (χ1) is 20.6. The van der Waals surface area contributed by atoms with Crippen LogP contribution in [-0.4, -0.2) is 87.8 Å². The van der Waals surface area contributed by atoms with Gasteiger partial charge in [-0.2, -0.15) is 13.2 Å². The Labute approximate surface area is 261 Å². The van der Waals surface area contributed by atoms with Gasteiger partial charge in [-0.25, -0.2) is 4.79 Å². The Balaban J connectivity index is 0.000000801. The number of halogens is 4. The topological polar surface area (TPSA) is 130 Å². The Morgan fingerprint density at radius 2 is 1.77 bits per heavy atom. The summed E-state index contributed by atoms with van der Waals surface area (Å²) in [6.45, 7) is 5.95. The number of carbonyl (C=O) groups is 3. The minimum Gasteiger partial charge on any atom is -0.481 e. The lowest BCUT2D eigenvalue weighted by Crippen LogP contribution is -2.53. The SMILES string of the molecule is C[C@H](O)C(=O)O.C[C@H]1CN(Cc2c(Cl)cccc2C(F)(F)F)C[C@@]1(CC(=O)O)C(=O)NC1CCN(CC2=CCCCC2)CC1. The molecule has 0 radical (unpaired) electrons. The van der Waals surface area contributed by atoms with Gasteiger partial charge in [0, 0.05) is 50.3 Å². The molecule has 4 N–H and O–H groups in total. The highest BCUT2D eigenvalue weighted by Gasteiger charge is 2.52. The maximum atomic E-state index is 13.6. The van der Waals surface area contributed by atoms with E-state index >= 15 is 0 Å². The van der Waals surface area contributed by atoms with Crippen molar-refractivity contribution in [3.8, 4) is 0 Å². The summed E-state index contributed by atoms with van der Waals surface area (Å²) < 4.78 is 40.9. The zero-order valence-electron chi connectivity index (χ0n) is 25.2. The molecule has 1 aliphatic carbocycles. The number of aliphatic hydroxyl groups is 1. The third-order valence-electron chi connectivity index (χ3n) is 8.80. The maximum Gasteiger partial charge on any atom is 0.416 e. The van der Waals surface area contributed by atoms with Gasteiger partial charge in [-0.15, -0.1) is 0 Å². The Bertz CT molecular complexity index is 1200. The van der Waals surface area contributed by atoms with Crippen LogP contribution in [-0.2, 0) is 27.1 Å². The van der Waals surface area contributed by atoms with Gasteiger partial charge < -0.3 is 20.6 Å². The number of carbonyl (C=O) groups excluding carboxylic acids is 1. The van der Waals surface area contributed by atoms with Gasteiger partial charge in [-0.1, -0.05) is 36.2 Å². The third-order valence-corrected chi connectivity index (χ3v) is 9.15. The van der Waals surface area contributed by atoms with E-state index in [0.29, 0.717) is 6.54 Å². The van der Waals surface area contributed by atoms with E-state index < -0.39 is 35.2 Å². The summed E-state index contributed by atoms with van der Waals surface area (Å²) in [6.07, 6.45) is 2.55. The fraction of sp³-hybridized carbons (Fsp3) is 0.645. The summed E-state index contributed by atoms with van der Waals surface area (Å²) >= 11 is 6.16. The summed E-state index contributed by atoms with van der Waals surface area (Å²) in [5.41, 5.74) is -0.601. The number of carboxylic acid groups (broad SMARTS) is 2. The van der Waals surface area contributed by atoms with E-state index in [9.17, 15) is 32.7 Å². The van der Waals surface area contributed by atoms with Crippen LogP contribution in [0, 0.1) is 11.3 Å². The molecule has 9 nitrogen and oxygen atoms in total. The van der Waals surface area contributed by atoms with E-state index in [1.807, 2.05) is 0 Å². The standard InChI is InChI=1S/C28H37ClF3N3O3.C3H6O3/c1-19-15-35(17-22-23(28(30,31)32)8-5-9-24(22)29)18-27(19,14-25(36)37)26(38)33-21-10-12-34(13-11-21)16-20-6-3-2-4-7-20;1-2(4)3(5)6/h5-6,8-9,19,21H,2-4,7,10-18H2,1H3,(H,33,38)(H,36,37);2,4H,1H3,(H,5,6)/t19-,27+;2-/m00/s1. The number of allylic oxidation sites excluding steroid dienone is 1. The summed E-state index contributed by atoms with van der Waals surface area (Å²) in [4.78, 5) is 39.1. The van der Waals surface area contributed by atoms with E-state index in [-0.39, 0.29) is 48.0 Å². The summed E-state index contributed by atoms with van der Waals surface area (Å²) in [7, 11) is 0. The molecule has 0 saturated carbocycles. The number of carboxylic acids is 2. The molecule has 13 heteroatoms. The fourth-order valence-electron chi connectivity index (χ4n) is 6.29. The highest BCUT2D eigenvalue weighted by Crippen LogP contribution is 2.42. The van der Waals surface area contributed by atoms with Crippen LogP contribution < -0.4 is 5.32 Å². The zero-order valence-corrected chi connectivity index (χ0v) is 26.0. The van der Waals surface area contributed by atoms with E-state index in [4.69, 9.17) is 21.8 Å². The van der Waals surface area contributed by atoms with Crippen molar-refractivity contribution in [2.24, 2.45) is 11.3 Å². The van der Waals surface area contributed by atoms with Gasteiger partial charge in [0.25, 0.3) is 0 Å². The third kappa shape index (κ3) is 9.66. The number of amides is 1. The predicted octanol–water partition coefficient (Wildman–Crippen LogP) is 4.80. The van der Waals surface area contributed by atoms with Crippen LogP contribution >= 0.6 is 11.6 Å². The van der Waals surface area contributed by atoms with Gasteiger partial charge in [0.15, 0.2) is 0 Å². The Kier molecular flexibility index (Phi) is 12.7. The van der Waals surface area contributed by atoms with Crippen LogP contribution in [0.15, 0.2) is 29.8 Å². The second-order valence-corrected chi connectivity index (χ2v) is 12.6. The average Bonchev–Trinajstić information content (AvgIpc) is 3.25. The number of piperidine rings is 1. The molecule has 2 fully saturated rings. The molecule has 3 aliphatic rings. The van der Waals surface area contributed by atoms with Crippen LogP contribution in [0.1, 0.15) is 69.9 Å². The number of aliphatic carboxylic acids is 2. The lowest BCUT2D eigenvalue weighted by molar-refractivity contribution is -0.147. The Morgan fingerprint density at radius 3 is 2.32 bits per heavy atom. The van der Waals surface area contributed by atoms with Crippen molar-refractivity contribution in [3.63, 3.8) is 0 Å². The number of aliphatic hydroxyl groups excluding tert-OH is 1. The van der Waals surface area contributed by atoms with Crippen LogP contribution in [0.2, 0.25) is 5.02 Å². The van der Waals surface area contributed by atoms with E-state index in [1.165, 1.54) is 37.5 Å². The molecule has 1 amide bonds. The monoisotopic (exact) mass is 645 g/mol. The minimum absolute atomic E-state index is 0.00316. The molecule has 2 saturated heterocycles. The number of rotatable bonds is 9. The Morgan fingerprint density at radius 1 is 1.11 bits per heavy atom. The van der Waals surface area contributed by atoms with E-state index in [1.54, 1.807) is 11.8 Å². The van der Waals surface area contributed by atoms with Crippen LogP contribution in [0.25, 0.3) is 0 Å². The quantitative estimate of drug-likeness (QED) is 0.282. The van der Waals surface area contributed by atoms with Crippen molar-refractivity contribution in [1.29, 1.82) is 0 Å². The number of nitrogens with one attached hydrogen (secondary N) is 1. The second kappa shape index (κ2) is 15.6. The lowest BCUT2D eigenvalue weighted by Gasteiger charge is -2.36. The summed E-state index contributed by atoms with van der Waals surface area (Å²) in [5.74, 6) is -2.96. The maximum absolute atomic E-state index is 13.6. The first-order valence-electron chi connectivity index (χ1n) is 15.0. The number of alkyl halides is 3. The molecule has 1 aromatic rings. The first kappa shape index (κ1) is 35.8. The van der Waals surface area contributed by atoms with Crippen molar-refractivity contribution >= 4 is 29.4 Å². The van der Waals surface area contributed by atoms with Crippen molar-refractivity contribution in [3.05, 3.63) is 46.0 Å². The lowest BCUT2D eigenvalue weighted by atomic mass is 9.75. The normalized spacial score (nSPS) is 24.2. The van der Waals surface area contributed by atoms with E-state index in [0.717, 1.165) is 51.4 Å². The largest absolute Gasteiger partial charge is 0.481 e. The molecule has 246 valence electrons. The Hall–Kier alpha value is -2.67. The van der Waals surface area contributed by atoms with Crippen LogP contribution in [0.3, 0.4) is 0 Å². The van der Waals surface area contributed by atoms with Crippen LogP contribution in [0.5, 0.6) is 0 Å². The number of hydrogen-bond acceptors (Lipinski definition) is 6. The second-order valence-electron chi connectivity index (χ2n) is 12.2. The number of hydrogen-bond donors (Lipinski definition) is 4. The van der Waals surface area contributed by atoms with Crippen molar-refractivity contribution in [2.45, 2.75) is 83.7 Å². The van der Waals surface area contributed by atoms with Gasteiger partial charge in [-0.3, -0.25) is 19.4 Å². The summed E-state index contributed by atoms with van der Waals surface area (Å²) in [5, 5.41) is 28.6. The molecule has 0 aromatic heterocycles. The molecule has 44 heavy (non-hydrogen) atoms. The van der Waals surface area contributed by atoms with Crippen molar-refractivity contribution in [1.82, 2.24) is 15.1 Å². The predicted molar refractivity (Wildman–Crippen MR) is 159 cm³/mol. The van der Waals surface area contributed by atoms with E-state index in [2.05, 4.69) is 16.3 Å². The van der Waals surface area contributed by atoms with Gasteiger partial charge in [0.05, 0.1) is 17.4 Å². The number of benzene rings is 1. The fourth-order valence-corrected chi connectivity index (χ4v) is 6.52. The van der Waals surface area contributed by atoms with Gasteiger partial charge in [0.2, 0.25) is 5.91 Å². The molecule has 4 rings (SSSR count).